The first-order valence-electron chi connectivity index (χ1n) is 9.38. The van der Waals surface area contributed by atoms with Gasteiger partial charge in [0, 0.05) is 29.4 Å². The molecule has 0 spiro atoms. The van der Waals surface area contributed by atoms with Crippen LogP contribution in [-0.4, -0.2) is 56.2 Å². The van der Waals surface area contributed by atoms with Gasteiger partial charge in [0.05, 0.1) is 33.0 Å². The van der Waals surface area contributed by atoms with Crippen LogP contribution >= 0.6 is 0 Å². The number of carbonyl (C=O) groups excluding carboxylic acids is 2. The van der Waals surface area contributed by atoms with E-state index in [1.807, 2.05) is 18.7 Å². The molecule has 2 aromatic rings. The van der Waals surface area contributed by atoms with Gasteiger partial charge in [0.15, 0.2) is 0 Å². The number of nitrogens with one attached hydrogen (secondary N) is 1. The molecular formula is C22H26N2O5. The van der Waals surface area contributed by atoms with Crippen LogP contribution < -0.4 is 14.8 Å². The molecule has 2 amide bonds. The molecule has 0 aliphatic carbocycles. The highest BCUT2D eigenvalue weighted by atomic mass is 16.5. The van der Waals surface area contributed by atoms with Crippen molar-refractivity contribution in [2.24, 2.45) is 0 Å². The zero-order chi connectivity index (χ0) is 21.0. The average molecular weight is 398 g/mol. The molecule has 1 heterocycles. The highest BCUT2D eigenvalue weighted by Crippen LogP contribution is 2.24. The number of amides is 2. The Morgan fingerprint density at radius 3 is 2.17 bits per heavy atom. The third kappa shape index (κ3) is 4.68. The van der Waals surface area contributed by atoms with E-state index >= 15 is 0 Å². The molecule has 1 N–H and O–H groups in total. The first-order chi connectivity index (χ1) is 13.8. The SMILES string of the molecule is COc1cc(OC)cc(C(=O)Nc2ccc(C(=O)N3CCOCC3(C)C)cc2)c1. The first kappa shape index (κ1) is 20.7. The van der Waals surface area contributed by atoms with Gasteiger partial charge in [-0.1, -0.05) is 0 Å². The summed E-state index contributed by atoms with van der Waals surface area (Å²) in [5.74, 6) is 0.719. The molecule has 0 unspecified atom stereocenters. The molecule has 1 aliphatic rings. The lowest BCUT2D eigenvalue weighted by molar-refractivity contribution is -0.0370. The molecule has 1 saturated heterocycles. The van der Waals surface area contributed by atoms with Crippen LogP contribution in [0.2, 0.25) is 0 Å². The maximum absolute atomic E-state index is 12.9. The fourth-order valence-electron chi connectivity index (χ4n) is 3.23. The van der Waals surface area contributed by atoms with Gasteiger partial charge in [-0.3, -0.25) is 9.59 Å². The summed E-state index contributed by atoms with van der Waals surface area (Å²) in [6, 6.07) is 11.8. The second-order valence-corrected chi connectivity index (χ2v) is 7.45. The largest absolute Gasteiger partial charge is 0.497 e. The molecule has 3 rings (SSSR count). The smallest absolute Gasteiger partial charge is 0.255 e. The highest BCUT2D eigenvalue weighted by molar-refractivity contribution is 6.05. The standard InChI is InChI=1S/C22H26N2O5/c1-22(2)14-29-10-9-24(22)21(26)15-5-7-17(8-6-15)23-20(25)16-11-18(27-3)13-19(12-16)28-4/h5-8,11-13H,9-10,14H2,1-4H3,(H,23,25). The molecule has 0 radical (unpaired) electrons. The van der Waals surface area contributed by atoms with Gasteiger partial charge in [-0.2, -0.15) is 0 Å². The second-order valence-electron chi connectivity index (χ2n) is 7.45. The molecule has 2 aromatic carbocycles. The predicted molar refractivity (Wildman–Crippen MR) is 110 cm³/mol. The van der Waals surface area contributed by atoms with Gasteiger partial charge >= 0.3 is 0 Å². The summed E-state index contributed by atoms with van der Waals surface area (Å²) in [7, 11) is 3.06. The van der Waals surface area contributed by atoms with Crippen LogP contribution in [0.25, 0.3) is 0 Å². The van der Waals surface area contributed by atoms with Gasteiger partial charge in [0.2, 0.25) is 0 Å². The van der Waals surface area contributed by atoms with E-state index in [2.05, 4.69) is 5.32 Å². The van der Waals surface area contributed by atoms with E-state index in [-0.39, 0.29) is 17.4 Å². The van der Waals surface area contributed by atoms with Crippen LogP contribution in [0.1, 0.15) is 34.6 Å². The minimum atomic E-state index is -0.354. The normalized spacial score (nSPS) is 15.5. The Labute approximate surface area is 170 Å². The van der Waals surface area contributed by atoms with Gasteiger partial charge in [-0.05, 0) is 50.2 Å². The zero-order valence-corrected chi connectivity index (χ0v) is 17.2. The van der Waals surface area contributed by atoms with Crippen molar-refractivity contribution in [1.29, 1.82) is 0 Å². The van der Waals surface area contributed by atoms with E-state index in [9.17, 15) is 9.59 Å². The van der Waals surface area contributed by atoms with E-state index in [0.717, 1.165) is 0 Å². The summed E-state index contributed by atoms with van der Waals surface area (Å²) in [5.41, 5.74) is 1.22. The number of benzene rings is 2. The van der Waals surface area contributed by atoms with Gasteiger partial charge < -0.3 is 24.4 Å². The topological polar surface area (TPSA) is 77.1 Å². The summed E-state index contributed by atoms with van der Waals surface area (Å²) >= 11 is 0. The summed E-state index contributed by atoms with van der Waals surface area (Å²) < 4.78 is 15.9. The molecule has 0 saturated carbocycles. The minimum absolute atomic E-state index is 0.0475. The van der Waals surface area contributed by atoms with Gasteiger partial charge in [-0.15, -0.1) is 0 Å². The third-order valence-corrected chi connectivity index (χ3v) is 4.89. The highest BCUT2D eigenvalue weighted by Gasteiger charge is 2.34. The Balaban J connectivity index is 1.72. The van der Waals surface area contributed by atoms with Gasteiger partial charge in [0.1, 0.15) is 11.5 Å². The molecule has 1 fully saturated rings. The number of anilines is 1. The molecule has 1 aliphatic heterocycles. The Kier molecular flexibility index (Phi) is 6.08. The minimum Gasteiger partial charge on any atom is -0.497 e. The number of methoxy groups -OCH3 is 2. The Hall–Kier alpha value is -3.06. The number of carbonyl (C=O) groups is 2. The Morgan fingerprint density at radius 1 is 1.00 bits per heavy atom. The number of hydrogen-bond donors (Lipinski definition) is 1. The Bertz CT molecular complexity index is 870. The quantitative estimate of drug-likeness (QED) is 0.837. The van der Waals surface area contributed by atoms with Crippen molar-refractivity contribution in [2.45, 2.75) is 19.4 Å². The van der Waals surface area contributed by atoms with Crippen LogP contribution in [0.15, 0.2) is 42.5 Å². The molecule has 0 bridgehead atoms. The molecule has 7 heteroatoms. The Morgan fingerprint density at radius 2 is 1.62 bits per heavy atom. The van der Waals surface area contributed by atoms with E-state index in [0.29, 0.717) is 48.1 Å². The second kappa shape index (κ2) is 8.53. The van der Waals surface area contributed by atoms with Crippen molar-refractivity contribution in [1.82, 2.24) is 4.90 Å². The summed E-state index contributed by atoms with van der Waals surface area (Å²) in [6.07, 6.45) is 0. The van der Waals surface area contributed by atoms with Crippen molar-refractivity contribution in [3.63, 3.8) is 0 Å². The lowest BCUT2D eigenvalue weighted by atomic mass is 10.0. The maximum Gasteiger partial charge on any atom is 0.255 e. The fraction of sp³-hybridized carbons (Fsp3) is 0.364. The van der Waals surface area contributed by atoms with Crippen LogP contribution in [0.3, 0.4) is 0 Å². The monoisotopic (exact) mass is 398 g/mol. The molecule has 0 aromatic heterocycles. The number of nitrogens with zero attached hydrogens (tertiary/aromatic N) is 1. The average Bonchev–Trinajstić information content (AvgIpc) is 2.73. The molecule has 7 nitrogen and oxygen atoms in total. The number of ether oxygens (including phenoxy) is 3. The van der Waals surface area contributed by atoms with E-state index in [1.165, 1.54) is 14.2 Å². The van der Waals surface area contributed by atoms with Crippen molar-refractivity contribution in [3.05, 3.63) is 53.6 Å². The predicted octanol–water partition coefficient (Wildman–Crippen LogP) is 3.21. The van der Waals surface area contributed by atoms with Crippen LogP contribution in [0, 0.1) is 0 Å². The maximum atomic E-state index is 12.9. The van der Waals surface area contributed by atoms with Crippen molar-refractivity contribution in [3.8, 4) is 11.5 Å². The van der Waals surface area contributed by atoms with Crippen LogP contribution in [0.5, 0.6) is 11.5 Å². The van der Waals surface area contributed by atoms with Crippen LogP contribution in [0.4, 0.5) is 5.69 Å². The summed E-state index contributed by atoms with van der Waals surface area (Å²) in [5, 5.41) is 2.83. The number of hydrogen-bond acceptors (Lipinski definition) is 5. The van der Waals surface area contributed by atoms with Crippen molar-refractivity contribution < 1.29 is 23.8 Å². The van der Waals surface area contributed by atoms with Crippen molar-refractivity contribution >= 4 is 17.5 Å². The molecule has 0 atom stereocenters. The van der Waals surface area contributed by atoms with Crippen molar-refractivity contribution in [2.75, 3.05) is 39.3 Å². The first-order valence-corrected chi connectivity index (χ1v) is 9.38. The summed E-state index contributed by atoms with van der Waals surface area (Å²) in [6.45, 7) is 5.58. The van der Waals surface area contributed by atoms with Gasteiger partial charge in [0.25, 0.3) is 11.8 Å². The third-order valence-electron chi connectivity index (χ3n) is 4.89. The van der Waals surface area contributed by atoms with E-state index < -0.39 is 0 Å². The van der Waals surface area contributed by atoms with Crippen LogP contribution in [-0.2, 0) is 4.74 Å². The van der Waals surface area contributed by atoms with E-state index in [1.54, 1.807) is 42.5 Å². The summed E-state index contributed by atoms with van der Waals surface area (Å²) in [4.78, 5) is 27.3. The number of morpholine rings is 1. The zero-order valence-electron chi connectivity index (χ0n) is 17.2. The molecule has 29 heavy (non-hydrogen) atoms. The van der Waals surface area contributed by atoms with E-state index in [4.69, 9.17) is 14.2 Å². The fourth-order valence-corrected chi connectivity index (χ4v) is 3.23. The van der Waals surface area contributed by atoms with Gasteiger partial charge in [-0.25, -0.2) is 0 Å². The molecule has 154 valence electrons. The lowest BCUT2D eigenvalue weighted by Crippen LogP contribution is -2.55. The lowest BCUT2D eigenvalue weighted by Gasteiger charge is -2.42. The number of rotatable bonds is 5. The molecular weight excluding hydrogens is 372 g/mol.